The van der Waals surface area contributed by atoms with E-state index in [1.807, 2.05) is 13.8 Å². The maximum atomic E-state index is 12.9. The molecule has 8 heteroatoms. The first-order valence-electron chi connectivity index (χ1n) is 9.16. The van der Waals surface area contributed by atoms with Crippen LogP contribution in [0.2, 0.25) is 0 Å². The highest BCUT2D eigenvalue weighted by Gasteiger charge is 2.49. The minimum atomic E-state index is -0.463. The van der Waals surface area contributed by atoms with Crippen LogP contribution in [0.25, 0.3) is 0 Å². The van der Waals surface area contributed by atoms with Crippen LogP contribution in [-0.2, 0) is 9.59 Å². The van der Waals surface area contributed by atoms with Crippen molar-refractivity contribution >= 4 is 41.0 Å². The Morgan fingerprint density at radius 2 is 2.14 bits per heavy atom. The number of nitrogens with zero attached hydrogens (tertiary/aromatic N) is 2. The van der Waals surface area contributed by atoms with E-state index in [4.69, 9.17) is 4.74 Å². The molecule has 1 atom stereocenters. The molecule has 0 saturated heterocycles. The highest BCUT2D eigenvalue weighted by molar-refractivity contribution is 8.04. The van der Waals surface area contributed by atoms with Gasteiger partial charge in [-0.2, -0.15) is 14.3 Å². The van der Waals surface area contributed by atoms with Crippen molar-refractivity contribution in [2.45, 2.75) is 25.5 Å². The molecule has 1 unspecified atom stereocenters. The molecular weight excluding hydrogens is 378 g/mol. The number of imide groups is 1. The standard InChI is InChI=1S/C20H23N3O4S/c1-13(2)7-9-22-19(25)18-16(8-10-28-18)23(20(22)26)12-17(24)21-14-5-4-6-15(11-14)27-3/h4-6,8,10-11,13,18H,7,9,12H2,1-3H3/p+1. The van der Waals surface area contributed by atoms with Crippen molar-refractivity contribution in [1.29, 1.82) is 0 Å². The zero-order valence-electron chi connectivity index (χ0n) is 16.2. The van der Waals surface area contributed by atoms with Crippen LogP contribution in [0, 0.1) is 5.92 Å². The molecule has 0 bridgehead atoms. The molecule has 0 fully saturated rings. The number of rotatable bonds is 7. The van der Waals surface area contributed by atoms with E-state index in [2.05, 4.69) is 5.32 Å². The highest BCUT2D eigenvalue weighted by Crippen LogP contribution is 2.28. The van der Waals surface area contributed by atoms with E-state index in [0.29, 0.717) is 29.6 Å². The number of benzene rings is 1. The van der Waals surface area contributed by atoms with Crippen LogP contribution in [0.1, 0.15) is 20.3 Å². The third-order valence-electron chi connectivity index (χ3n) is 4.57. The molecule has 1 aromatic carbocycles. The number of urea groups is 1. The van der Waals surface area contributed by atoms with Crippen LogP contribution in [0.15, 0.2) is 35.7 Å². The molecule has 2 aliphatic heterocycles. The van der Waals surface area contributed by atoms with Gasteiger partial charge in [0.15, 0.2) is 11.8 Å². The Morgan fingerprint density at radius 1 is 1.36 bits per heavy atom. The molecule has 0 radical (unpaired) electrons. The summed E-state index contributed by atoms with van der Waals surface area (Å²) in [5.41, 5.74) is 1.15. The van der Waals surface area contributed by atoms with Gasteiger partial charge in [0.1, 0.15) is 11.5 Å². The molecule has 0 spiro atoms. The van der Waals surface area contributed by atoms with E-state index in [1.54, 1.807) is 42.9 Å². The number of nitrogens with one attached hydrogen (secondary N) is 1. The minimum Gasteiger partial charge on any atom is -0.497 e. The minimum absolute atomic E-state index is 0.155. The zero-order valence-corrected chi connectivity index (χ0v) is 17.0. The summed E-state index contributed by atoms with van der Waals surface area (Å²) >= 11 is 1.36. The number of thioether (sulfide) groups is 1. The van der Waals surface area contributed by atoms with Gasteiger partial charge in [-0.15, -0.1) is 11.8 Å². The molecule has 0 aliphatic carbocycles. The molecule has 0 aromatic heterocycles. The van der Waals surface area contributed by atoms with Crippen molar-refractivity contribution in [3.05, 3.63) is 35.7 Å². The van der Waals surface area contributed by atoms with Gasteiger partial charge >= 0.3 is 11.9 Å². The summed E-state index contributed by atoms with van der Waals surface area (Å²) in [7, 11) is 1.55. The summed E-state index contributed by atoms with van der Waals surface area (Å²) in [6.07, 6.45) is 2.46. The van der Waals surface area contributed by atoms with Gasteiger partial charge in [-0.1, -0.05) is 19.9 Å². The third-order valence-corrected chi connectivity index (χ3v) is 5.58. The molecule has 148 valence electrons. The average molecular weight is 402 g/mol. The van der Waals surface area contributed by atoms with Crippen LogP contribution in [0.4, 0.5) is 10.5 Å². The smallest absolute Gasteiger partial charge is 0.497 e. The summed E-state index contributed by atoms with van der Waals surface area (Å²) in [6.45, 7) is 4.29. The second kappa shape index (κ2) is 8.60. The van der Waals surface area contributed by atoms with Crippen LogP contribution in [0.5, 0.6) is 5.75 Å². The number of hydrogen-bond donors (Lipinski definition) is 1. The lowest BCUT2D eigenvalue weighted by Crippen LogP contribution is -2.56. The number of carbonyl (C=O) groups excluding carboxylic acids is 3. The molecule has 0 saturated carbocycles. The van der Waals surface area contributed by atoms with Crippen LogP contribution < -0.4 is 10.1 Å². The molecule has 2 heterocycles. The Balaban J connectivity index is 1.78. The van der Waals surface area contributed by atoms with Crippen molar-refractivity contribution < 1.29 is 23.7 Å². The molecule has 1 aromatic rings. The summed E-state index contributed by atoms with van der Waals surface area (Å²) in [6, 6.07) is 6.56. The summed E-state index contributed by atoms with van der Waals surface area (Å²) in [5.74, 6) is 0.448. The zero-order chi connectivity index (χ0) is 20.3. The van der Waals surface area contributed by atoms with E-state index in [1.165, 1.54) is 21.2 Å². The Morgan fingerprint density at radius 3 is 2.86 bits per heavy atom. The van der Waals surface area contributed by atoms with Gasteiger partial charge in [-0.05, 0) is 36.0 Å². The Labute approximate surface area is 168 Å². The van der Waals surface area contributed by atoms with Gasteiger partial charge in [0.25, 0.3) is 5.91 Å². The average Bonchev–Trinajstić information content (AvgIpc) is 3.15. The van der Waals surface area contributed by atoms with E-state index in [9.17, 15) is 14.4 Å². The molecular formula is C20H24N3O4S+. The van der Waals surface area contributed by atoms with Gasteiger partial charge in [-0.3, -0.25) is 4.79 Å². The predicted octanol–water partition coefficient (Wildman–Crippen LogP) is 2.72. The number of amides is 4. The maximum absolute atomic E-state index is 12.9. The number of ether oxygens (including phenoxy) is 1. The fraction of sp³-hybridized carbons (Fsp3) is 0.400. The van der Waals surface area contributed by atoms with Gasteiger partial charge in [-0.25, -0.2) is 4.79 Å². The fourth-order valence-electron chi connectivity index (χ4n) is 3.05. The van der Waals surface area contributed by atoms with Crippen LogP contribution >= 0.6 is 11.8 Å². The molecule has 2 aliphatic rings. The first-order chi connectivity index (χ1) is 13.4. The molecule has 3 rings (SSSR count). The SMILES string of the molecule is COc1cccc(NC(=O)C[N+]2=C3C=CSC3C(=O)N(CCC(C)C)C2=O)c1. The summed E-state index contributed by atoms with van der Waals surface area (Å²) in [4.78, 5) is 39.5. The lowest BCUT2D eigenvalue weighted by molar-refractivity contribution is -0.425. The first kappa shape index (κ1) is 20.1. The molecule has 4 amide bonds. The quantitative estimate of drug-likeness (QED) is 0.710. The Kier molecular flexibility index (Phi) is 6.18. The lowest BCUT2D eigenvalue weighted by Gasteiger charge is -2.24. The molecule has 7 nitrogen and oxygen atoms in total. The van der Waals surface area contributed by atoms with E-state index in [0.717, 1.165) is 6.42 Å². The number of methoxy groups -OCH3 is 1. The number of fused-ring (bicyclic) bond motifs is 1. The predicted molar refractivity (Wildman–Crippen MR) is 109 cm³/mol. The van der Waals surface area contributed by atoms with Crippen molar-refractivity contribution in [3.63, 3.8) is 0 Å². The number of allylic oxidation sites excluding steroid dienone is 1. The highest BCUT2D eigenvalue weighted by atomic mass is 32.2. The van der Waals surface area contributed by atoms with Crippen molar-refractivity contribution in [2.75, 3.05) is 25.5 Å². The number of hydrogen-bond acceptors (Lipinski definition) is 5. The largest absolute Gasteiger partial charge is 0.501 e. The van der Waals surface area contributed by atoms with E-state index >= 15 is 0 Å². The van der Waals surface area contributed by atoms with Gasteiger partial charge < -0.3 is 10.1 Å². The third kappa shape index (κ3) is 4.27. The van der Waals surface area contributed by atoms with Crippen LogP contribution in [-0.4, -0.2) is 58.5 Å². The maximum Gasteiger partial charge on any atom is 0.501 e. The number of anilines is 1. The van der Waals surface area contributed by atoms with Gasteiger partial charge in [0.2, 0.25) is 0 Å². The van der Waals surface area contributed by atoms with Crippen LogP contribution in [0.3, 0.4) is 0 Å². The number of carbonyl (C=O) groups is 3. The second-order valence-electron chi connectivity index (χ2n) is 7.06. The van der Waals surface area contributed by atoms with E-state index in [-0.39, 0.29) is 18.4 Å². The summed E-state index contributed by atoms with van der Waals surface area (Å²) in [5, 5.41) is 4.11. The van der Waals surface area contributed by atoms with Gasteiger partial charge in [0, 0.05) is 11.8 Å². The van der Waals surface area contributed by atoms with Crippen molar-refractivity contribution in [3.8, 4) is 5.75 Å². The Bertz CT molecular complexity index is 863. The monoisotopic (exact) mass is 402 g/mol. The van der Waals surface area contributed by atoms with E-state index < -0.39 is 11.3 Å². The summed E-state index contributed by atoms with van der Waals surface area (Å²) < 4.78 is 6.56. The Hall–Kier alpha value is -2.61. The normalized spacial score (nSPS) is 18.7. The molecule has 28 heavy (non-hydrogen) atoms. The fourth-order valence-corrected chi connectivity index (χ4v) is 4.01. The van der Waals surface area contributed by atoms with Crippen molar-refractivity contribution in [2.24, 2.45) is 5.92 Å². The lowest BCUT2D eigenvalue weighted by atomic mass is 10.1. The van der Waals surface area contributed by atoms with Crippen molar-refractivity contribution in [1.82, 2.24) is 4.90 Å². The molecule has 1 N–H and O–H groups in total. The topological polar surface area (TPSA) is 78.7 Å². The van der Waals surface area contributed by atoms with Gasteiger partial charge in [0.05, 0.1) is 13.7 Å². The first-order valence-corrected chi connectivity index (χ1v) is 10.1. The second-order valence-corrected chi connectivity index (χ2v) is 8.08.